The Morgan fingerprint density at radius 2 is 0.889 bits per heavy atom. The van der Waals surface area contributed by atoms with Crippen molar-refractivity contribution < 1.29 is 9.47 Å². The van der Waals surface area contributed by atoms with E-state index in [1.807, 2.05) is 27.7 Å². The molecule has 0 atom stereocenters. The first-order valence-electron chi connectivity index (χ1n) is 9.35. The molecule has 0 aliphatic heterocycles. The van der Waals surface area contributed by atoms with Crippen LogP contribution in [-0.2, 0) is 10.9 Å². The first-order valence-corrected chi connectivity index (χ1v) is 10.6. The highest BCUT2D eigenvalue weighted by Crippen LogP contribution is 2.33. The van der Waals surface area contributed by atoms with E-state index in [0.717, 1.165) is 11.5 Å². The fourth-order valence-electron chi connectivity index (χ4n) is 2.82. The zero-order valence-electron chi connectivity index (χ0n) is 16.4. The Balaban J connectivity index is 1.94. The molecule has 0 radical (unpaired) electrons. The molecular formula is C24H27O2S+. The van der Waals surface area contributed by atoms with Crippen LogP contribution in [0.3, 0.4) is 0 Å². The van der Waals surface area contributed by atoms with Crippen LogP contribution in [0.5, 0.6) is 11.5 Å². The quantitative estimate of drug-likeness (QED) is 0.445. The summed E-state index contributed by atoms with van der Waals surface area (Å²) in [6, 6.07) is 27.6. The summed E-state index contributed by atoms with van der Waals surface area (Å²) in [7, 11) is -0.168. The van der Waals surface area contributed by atoms with Crippen LogP contribution in [-0.4, -0.2) is 12.2 Å². The van der Waals surface area contributed by atoms with Crippen LogP contribution in [0.4, 0.5) is 0 Å². The van der Waals surface area contributed by atoms with E-state index in [4.69, 9.17) is 9.47 Å². The van der Waals surface area contributed by atoms with E-state index in [2.05, 4.69) is 78.9 Å². The maximum atomic E-state index is 5.80. The molecule has 27 heavy (non-hydrogen) atoms. The van der Waals surface area contributed by atoms with E-state index in [9.17, 15) is 0 Å². The van der Waals surface area contributed by atoms with Gasteiger partial charge in [-0.25, -0.2) is 0 Å². The molecule has 0 saturated heterocycles. The van der Waals surface area contributed by atoms with E-state index < -0.39 is 0 Å². The van der Waals surface area contributed by atoms with Crippen molar-refractivity contribution >= 4 is 10.9 Å². The summed E-state index contributed by atoms with van der Waals surface area (Å²) in [6.45, 7) is 8.18. The van der Waals surface area contributed by atoms with Crippen LogP contribution < -0.4 is 9.47 Å². The lowest BCUT2D eigenvalue weighted by atomic mass is 10.3. The lowest BCUT2D eigenvalue weighted by molar-refractivity contribution is 0.242. The molecule has 140 valence electrons. The highest BCUT2D eigenvalue weighted by molar-refractivity contribution is 7.97. The van der Waals surface area contributed by atoms with Crippen LogP contribution in [0.25, 0.3) is 0 Å². The highest BCUT2D eigenvalue weighted by atomic mass is 32.2. The number of hydrogen-bond donors (Lipinski definition) is 0. The second-order valence-corrected chi connectivity index (χ2v) is 8.92. The lowest BCUT2D eigenvalue weighted by Crippen LogP contribution is -2.08. The predicted molar refractivity (Wildman–Crippen MR) is 113 cm³/mol. The minimum Gasteiger partial charge on any atom is -0.491 e. The fourth-order valence-corrected chi connectivity index (χ4v) is 4.88. The summed E-state index contributed by atoms with van der Waals surface area (Å²) in [5.41, 5.74) is 0. The molecule has 3 aromatic rings. The minimum absolute atomic E-state index is 0.168. The third kappa shape index (κ3) is 5.30. The number of rotatable bonds is 7. The molecule has 0 aliphatic carbocycles. The summed E-state index contributed by atoms with van der Waals surface area (Å²) in [6.07, 6.45) is 0.355. The molecule has 0 N–H and O–H groups in total. The van der Waals surface area contributed by atoms with Gasteiger partial charge in [0.25, 0.3) is 0 Å². The Bertz CT molecular complexity index is 771. The Morgan fingerprint density at radius 3 is 1.26 bits per heavy atom. The molecule has 2 nitrogen and oxygen atoms in total. The van der Waals surface area contributed by atoms with Crippen molar-refractivity contribution in [2.45, 2.75) is 54.6 Å². The topological polar surface area (TPSA) is 18.5 Å². The highest BCUT2D eigenvalue weighted by Gasteiger charge is 2.28. The molecule has 0 unspecified atom stereocenters. The van der Waals surface area contributed by atoms with Gasteiger partial charge in [0.1, 0.15) is 11.5 Å². The van der Waals surface area contributed by atoms with E-state index in [1.54, 1.807) is 0 Å². The van der Waals surface area contributed by atoms with Crippen molar-refractivity contribution in [1.82, 2.24) is 0 Å². The molecule has 0 saturated carbocycles. The monoisotopic (exact) mass is 379 g/mol. The maximum absolute atomic E-state index is 5.80. The Morgan fingerprint density at radius 1 is 0.519 bits per heavy atom. The van der Waals surface area contributed by atoms with Gasteiger partial charge in [-0.1, -0.05) is 18.2 Å². The first kappa shape index (κ1) is 19.4. The van der Waals surface area contributed by atoms with Crippen LogP contribution in [0.1, 0.15) is 27.7 Å². The van der Waals surface area contributed by atoms with Gasteiger partial charge in [-0.3, -0.25) is 0 Å². The van der Waals surface area contributed by atoms with Crippen molar-refractivity contribution in [2.75, 3.05) is 0 Å². The summed E-state index contributed by atoms with van der Waals surface area (Å²) in [4.78, 5) is 3.84. The molecule has 3 rings (SSSR count). The average Bonchev–Trinajstić information content (AvgIpc) is 2.65. The second kappa shape index (κ2) is 9.01. The number of hydrogen-bond acceptors (Lipinski definition) is 2. The molecular weight excluding hydrogens is 352 g/mol. The van der Waals surface area contributed by atoms with Gasteiger partial charge in [0.15, 0.2) is 14.7 Å². The molecule has 0 aromatic heterocycles. The fraction of sp³-hybridized carbons (Fsp3) is 0.250. The molecule has 0 amide bonds. The van der Waals surface area contributed by atoms with Crippen molar-refractivity contribution in [3.05, 3.63) is 78.9 Å². The van der Waals surface area contributed by atoms with Gasteiger partial charge in [-0.05, 0) is 88.4 Å². The zero-order chi connectivity index (χ0) is 19.2. The standard InChI is InChI=1S/C24H27O2S/c1-18(2)25-20-10-14-23(15-11-20)27(22-8-6-5-7-9-22)24-16-12-21(13-17-24)26-19(3)4/h5-19H,1-4H3/q+1. The molecule has 3 heteroatoms. The van der Waals surface area contributed by atoms with Crippen LogP contribution in [0.15, 0.2) is 93.5 Å². The van der Waals surface area contributed by atoms with Crippen molar-refractivity contribution in [1.29, 1.82) is 0 Å². The van der Waals surface area contributed by atoms with Crippen LogP contribution in [0.2, 0.25) is 0 Å². The van der Waals surface area contributed by atoms with Gasteiger partial charge in [0.2, 0.25) is 0 Å². The number of ether oxygens (including phenoxy) is 2. The van der Waals surface area contributed by atoms with Crippen molar-refractivity contribution in [2.24, 2.45) is 0 Å². The van der Waals surface area contributed by atoms with E-state index in [1.165, 1.54) is 14.7 Å². The smallest absolute Gasteiger partial charge is 0.166 e. The second-order valence-electron chi connectivity index (χ2n) is 6.90. The third-order valence-electron chi connectivity index (χ3n) is 3.84. The average molecular weight is 380 g/mol. The number of benzene rings is 3. The maximum Gasteiger partial charge on any atom is 0.166 e. The van der Waals surface area contributed by atoms with Crippen LogP contribution >= 0.6 is 0 Å². The largest absolute Gasteiger partial charge is 0.491 e. The Hall–Kier alpha value is -2.39. The molecule has 3 aromatic carbocycles. The normalized spacial score (nSPS) is 11.2. The van der Waals surface area contributed by atoms with E-state index in [0.29, 0.717) is 0 Å². The Labute approximate surface area is 165 Å². The summed E-state index contributed by atoms with van der Waals surface area (Å²) < 4.78 is 11.6. The van der Waals surface area contributed by atoms with Gasteiger partial charge in [-0.15, -0.1) is 0 Å². The van der Waals surface area contributed by atoms with Crippen molar-refractivity contribution in [3.8, 4) is 11.5 Å². The summed E-state index contributed by atoms with van der Waals surface area (Å²) >= 11 is 0. The molecule has 0 bridgehead atoms. The van der Waals surface area contributed by atoms with Gasteiger partial charge in [-0.2, -0.15) is 0 Å². The minimum atomic E-state index is -0.168. The third-order valence-corrected chi connectivity index (χ3v) is 6.07. The predicted octanol–water partition coefficient (Wildman–Crippen LogP) is 6.36. The van der Waals surface area contributed by atoms with Crippen molar-refractivity contribution in [3.63, 3.8) is 0 Å². The van der Waals surface area contributed by atoms with Crippen LogP contribution in [0, 0.1) is 0 Å². The Kier molecular flexibility index (Phi) is 6.46. The molecule has 0 heterocycles. The molecule has 0 aliphatic rings. The summed E-state index contributed by atoms with van der Waals surface area (Å²) in [5, 5.41) is 0. The van der Waals surface area contributed by atoms with E-state index >= 15 is 0 Å². The molecule has 0 fully saturated rings. The van der Waals surface area contributed by atoms with Gasteiger partial charge in [0.05, 0.1) is 23.1 Å². The van der Waals surface area contributed by atoms with E-state index in [-0.39, 0.29) is 23.1 Å². The summed E-state index contributed by atoms with van der Waals surface area (Å²) in [5.74, 6) is 1.82. The molecule has 0 spiro atoms. The first-order chi connectivity index (χ1) is 13.0. The zero-order valence-corrected chi connectivity index (χ0v) is 17.2. The SMILES string of the molecule is CC(C)Oc1ccc([S+](c2ccccc2)c2ccc(OC(C)C)cc2)cc1. The van der Waals surface area contributed by atoms with Gasteiger partial charge < -0.3 is 9.47 Å². The lowest BCUT2D eigenvalue weighted by Gasteiger charge is -2.12. The van der Waals surface area contributed by atoms with Gasteiger partial charge in [0, 0.05) is 0 Å². The van der Waals surface area contributed by atoms with Gasteiger partial charge >= 0.3 is 0 Å².